The minimum absolute atomic E-state index is 0.217. The molecule has 0 radical (unpaired) electrons. The Morgan fingerprint density at radius 1 is 1.00 bits per heavy atom. The van der Waals surface area contributed by atoms with Crippen LogP contribution in [0.2, 0.25) is 0 Å². The molecule has 0 atom stereocenters. The molecule has 10 nitrogen and oxygen atoms in total. The van der Waals surface area contributed by atoms with Gasteiger partial charge in [-0.05, 0) is 44.2 Å². The number of methoxy groups -OCH3 is 1. The number of aromatic amines is 1. The van der Waals surface area contributed by atoms with Gasteiger partial charge in [0.05, 0.1) is 23.2 Å². The third kappa shape index (κ3) is 6.08. The molecule has 4 heterocycles. The average molecular weight is 590 g/mol. The second-order valence-corrected chi connectivity index (χ2v) is 13.3. The lowest BCUT2D eigenvalue weighted by Gasteiger charge is -2.42. The Balaban J connectivity index is 1.20. The number of fused-ring (bicyclic) bond motifs is 1. The first kappa shape index (κ1) is 28.4. The molecule has 4 aromatic rings. The highest BCUT2D eigenvalue weighted by Crippen LogP contribution is 2.32. The molecule has 222 valence electrons. The molecule has 0 spiro atoms. The summed E-state index contributed by atoms with van der Waals surface area (Å²) in [4.78, 5) is 20.5. The number of H-pyrrole nitrogens is 1. The van der Waals surface area contributed by atoms with Gasteiger partial charge in [0.25, 0.3) is 0 Å². The Labute approximate surface area is 247 Å². The maximum absolute atomic E-state index is 12.4. The number of piperazine rings is 1. The van der Waals surface area contributed by atoms with E-state index in [9.17, 15) is 8.42 Å². The first-order chi connectivity index (χ1) is 20.3. The zero-order chi connectivity index (χ0) is 29.3. The summed E-state index contributed by atoms with van der Waals surface area (Å²) in [5.74, 6) is 1.94. The Morgan fingerprint density at radius 2 is 1.76 bits per heavy atom. The van der Waals surface area contributed by atoms with E-state index in [0.717, 1.165) is 43.0 Å². The minimum atomic E-state index is -3.43. The largest absolute Gasteiger partial charge is 0.496 e. The second-order valence-electron chi connectivity index (χ2n) is 11.4. The summed E-state index contributed by atoms with van der Waals surface area (Å²) in [6.45, 7) is 6.73. The molecule has 42 heavy (non-hydrogen) atoms. The fraction of sp³-hybridized carbons (Fsp3) is 0.419. The highest BCUT2D eigenvalue weighted by molar-refractivity contribution is 7.90. The average Bonchev–Trinajstić information content (AvgIpc) is 3.47. The van der Waals surface area contributed by atoms with Gasteiger partial charge in [-0.1, -0.05) is 18.2 Å². The predicted octanol–water partition coefficient (Wildman–Crippen LogP) is 3.92. The number of piperidine rings is 1. The quantitative estimate of drug-likeness (QED) is 0.316. The van der Waals surface area contributed by atoms with E-state index in [4.69, 9.17) is 14.7 Å². The summed E-state index contributed by atoms with van der Waals surface area (Å²) < 4.78 is 30.6. The fourth-order valence-corrected chi connectivity index (χ4v) is 6.95. The van der Waals surface area contributed by atoms with Gasteiger partial charge >= 0.3 is 0 Å². The smallest absolute Gasteiger partial charge is 0.177 e. The number of hydrogen-bond donors (Lipinski definition) is 2. The number of hydrogen-bond acceptors (Lipinski definition) is 9. The Morgan fingerprint density at radius 3 is 2.50 bits per heavy atom. The second kappa shape index (κ2) is 11.9. The van der Waals surface area contributed by atoms with Crippen LogP contribution in [0, 0.1) is 0 Å². The minimum Gasteiger partial charge on any atom is -0.496 e. The fourth-order valence-electron chi connectivity index (χ4n) is 6.11. The Bertz CT molecular complexity index is 1660. The number of nitrogens with zero attached hydrogens (tertiary/aromatic N) is 5. The van der Waals surface area contributed by atoms with Gasteiger partial charge in [0.15, 0.2) is 15.7 Å². The molecule has 2 aliphatic heterocycles. The predicted molar refractivity (Wildman–Crippen MR) is 167 cm³/mol. The number of para-hydroxylation sites is 1. The zero-order valence-electron chi connectivity index (χ0n) is 24.5. The van der Waals surface area contributed by atoms with Gasteiger partial charge in [-0.2, -0.15) is 0 Å². The van der Waals surface area contributed by atoms with Crippen LogP contribution in [0.25, 0.3) is 11.0 Å². The number of sulfone groups is 1. The van der Waals surface area contributed by atoms with Crippen LogP contribution >= 0.6 is 0 Å². The van der Waals surface area contributed by atoms with Gasteiger partial charge in [-0.3, -0.25) is 4.90 Å². The normalized spacial score (nSPS) is 17.5. The number of nitrogens with one attached hydrogen (secondary N) is 2. The van der Waals surface area contributed by atoms with E-state index in [0.29, 0.717) is 35.3 Å². The molecule has 2 aromatic heterocycles. The lowest BCUT2D eigenvalue weighted by atomic mass is 10.0. The summed E-state index contributed by atoms with van der Waals surface area (Å²) in [5, 5.41) is 3.24. The molecular formula is C31H39N7O3S. The molecule has 2 fully saturated rings. The highest BCUT2D eigenvalue weighted by Gasteiger charge is 2.27. The summed E-state index contributed by atoms with van der Waals surface area (Å²) in [6.07, 6.45) is 5.83. The summed E-state index contributed by atoms with van der Waals surface area (Å²) >= 11 is 0. The van der Waals surface area contributed by atoms with Gasteiger partial charge in [0.1, 0.15) is 17.1 Å². The first-order valence-electron chi connectivity index (χ1n) is 14.5. The number of anilines is 3. The van der Waals surface area contributed by atoms with Crippen LogP contribution in [-0.2, 0) is 16.3 Å². The van der Waals surface area contributed by atoms with Gasteiger partial charge < -0.3 is 24.8 Å². The van der Waals surface area contributed by atoms with Gasteiger partial charge in [-0.25, -0.2) is 18.4 Å². The molecule has 2 N–H and O–H groups in total. The van der Waals surface area contributed by atoms with Crippen molar-refractivity contribution in [1.29, 1.82) is 0 Å². The third-order valence-corrected chi connectivity index (χ3v) is 9.65. The van der Waals surface area contributed by atoms with E-state index >= 15 is 0 Å². The zero-order valence-corrected chi connectivity index (χ0v) is 25.3. The van der Waals surface area contributed by atoms with Gasteiger partial charge in [-0.15, -0.1) is 0 Å². The van der Waals surface area contributed by atoms with E-state index in [1.165, 1.54) is 37.9 Å². The first-order valence-corrected chi connectivity index (χ1v) is 16.4. The van der Waals surface area contributed by atoms with Crippen molar-refractivity contribution in [2.45, 2.75) is 30.2 Å². The number of benzene rings is 2. The van der Waals surface area contributed by atoms with Crippen LogP contribution in [0.1, 0.15) is 24.2 Å². The van der Waals surface area contributed by atoms with E-state index in [-0.39, 0.29) is 4.90 Å². The van der Waals surface area contributed by atoms with Crippen molar-refractivity contribution in [2.75, 3.05) is 69.9 Å². The standard InChI is InChI=1S/C31H39N7O3S/c1-36-16-18-38(19-17-36)23-11-14-37(15-12-23)24-9-8-22(27(21-24)41-2)20-29-33-26-10-13-32-30(26)31(35-29)34-25-6-4-5-7-28(25)42(3,39)40/h4-10,13,21,23,32H,11-12,14-20H2,1-3H3,(H,33,34,35). The maximum Gasteiger partial charge on any atom is 0.177 e. The van der Waals surface area contributed by atoms with Crippen molar-refractivity contribution < 1.29 is 13.2 Å². The third-order valence-electron chi connectivity index (χ3n) is 8.49. The molecule has 0 saturated carbocycles. The van der Waals surface area contributed by atoms with Crippen molar-refractivity contribution in [3.8, 4) is 5.75 Å². The van der Waals surface area contributed by atoms with Crippen LogP contribution in [-0.4, -0.2) is 98.9 Å². The molecular weight excluding hydrogens is 550 g/mol. The van der Waals surface area contributed by atoms with Crippen LogP contribution < -0.4 is 15.0 Å². The van der Waals surface area contributed by atoms with Crippen molar-refractivity contribution in [1.82, 2.24) is 24.8 Å². The molecule has 0 amide bonds. The monoisotopic (exact) mass is 589 g/mol. The molecule has 2 aliphatic rings. The molecule has 11 heteroatoms. The van der Waals surface area contributed by atoms with Crippen LogP contribution in [0.5, 0.6) is 5.75 Å². The SMILES string of the molecule is COc1cc(N2CCC(N3CCN(C)CC3)CC2)ccc1Cc1nc(Nc2ccccc2S(C)(=O)=O)c2[nH]ccc2n1. The summed E-state index contributed by atoms with van der Waals surface area (Å²) in [5.41, 5.74) is 4.10. The van der Waals surface area contributed by atoms with Crippen molar-refractivity contribution in [3.63, 3.8) is 0 Å². The molecule has 0 bridgehead atoms. The molecule has 2 aromatic carbocycles. The Kier molecular flexibility index (Phi) is 8.06. The van der Waals surface area contributed by atoms with E-state index < -0.39 is 9.84 Å². The van der Waals surface area contributed by atoms with Crippen LogP contribution in [0.4, 0.5) is 17.2 Å². The van der Waals surface area contributed by atoms with Crippen molar-refractivity contribution >= 4 is 38.1 Å². The molecule has 0 unspecified atom stereocenters. The van der Waals surface area contributed by atoms with Gasteiger partial charge in [0, 0.05) is 81.5 Å². The van der Waals surface area contributed by atoms with Gasteiger partial charge in [0.2, 0.25) is 0 Å². The number of rotatable bonds is 8. The Hall–Kier alpha value is -3.67. The maximum atomic E-state index is 12.4. The summed E-state index contributed by atoms with van der Waals surface area (Å²) in [6, 6.07) is 15.8. The van der Waals surface area contributed by atoms with Crippen LogP contribution in [0.3, 0.4) is 0 Å². The van der Waals surface area contributed by atoms with E-state index in [1.54, 1.807) is 37.6 Å². The molecule has 6 rings (SSSR count). The number of ether oxygens (including phenoxy) is 1. The lowest BCUT2D eigenvalue weighted by molar-refractivity contribution is 0.0982. The topological polar surface area (TPSA) is 107 Å². The number of aromatic nitrogens is 3. The van der Waals surface area contributed by atoms with E-state index in [2.05, 4.69) is 50.2 Å². The van der Waals surface area contributed by atoms with Crippen LogP contribution in [0.15, 0.2) is 59.6 Å². The van der Waals surface area contributed by atoms with Crippen molar-refractivity contribution in [2.24, 2.45) is 0 Å². The van der Waals surface area contributed by atoms with E-state index in [1.807, 2.05) is 6.07 Å². The summed E-state index contributed by atoms with van der Waals surface area (Å²) in [7, 11) is 0.483. The molecule has 2 saturated heterocycles. The molecule has 0 aliphatic carbocycles. The highest BCUT2D eigenvalue weighted by atomic mass is 32.2. The number of likely N-dealkylation sites (N-methyl/N-ethyl adjacent to an activating group) is 1. The lowest BCUT2D eigenvalue weighted by Crippen LogP contribution is -2.52. The van der Waals surface area contributed by atoms with Crippen molar-refractivity contribution in [3.05, 3.63) is 66.1 Å².